The zero-order valence-electron chi connectivity index (χ0n) is 17.2. The quantitative estimate of drug-likeness (QED) is 0.553. The highest BCUT2D eigenvalue weighted by atomic mass is 35.5. The molecule has 0 unspecified atom stereocenters. The van der Waals surface area contributed by atoms with Crippen LogP contribution in [0.5, 0.6) is 5.75 Å². The highest BCUT2D eigenvalue weighted by Gasteiger charge is 2.30. The normalized spacial score (nSPS) is 15.6. The molecule has 154 valence electrons. The van der Waals surface area contributed by atoms with Crippen LogP contribution in [0, 0.1) is 19.8 Å². The fraction of sp³-hybridized carbons (Fsp3) is 0.381. The molecule has 2 heterocycles. The first-order chi connectivity index (χ1) is 13.7. The molecule has 1 aromatic heterocycles. The van der Waals surface area contributed by atoms with E-state index in [-0.39, 0.29) is 5.91 Å². The Balaban J connectivity index is 1.91. The molecule has 0 saturated carbocycles. The third-order valence-corrected chi connectivity index (χ3v) is 5.61. The van der Waals surface area contributed by atoms with E-state index in [1.165, 1.54) is 0 Å². The minimum atomic E-state index is -0.105. The van der Waals surface area contributed by atoms with E-state index in [1.54, 1.807) is 12.0 Å². The number of hydrogen-bond donors (Lipinski definition) is 1. The zero-order valence-corrected chi connectivity index (χ0v) is 18.8. The van der Waals surface area contributed by atoms with Crippen LogP contribution in [0.1, 0.15) is 36.4 Å². The van der Waals surface area contributed by atoms with Gasteiger partial charge in [0.2, 0.25) is 0 Å². The first kappa shape index (κ1) is 21.3. The van der Waals surface area contributed by atoms with Gasteiger partial charge in [0.15, 0.2) is 5.11 Å². The third kappa shape index (κ3) is 4.46. The number of aromatic nitrogens is 2. The SMILES string of the molecule is COc1ccc(/C=C2/NC(=S)N(CC(C)C)C2=O)cc1Cn1nc(C)c(Cl)c1C. The van der Waals surface area contributed by atoms with Gasteiger partial charge < -0.3 is 10.1 Å². The van der Waals surface area contributed by atoms with Gasteiger partial charge in [0, 0.05) is 12.1 Å². The Morgan fingerprint density at radius 3 is 2.66 bits per heavy atom. The molecule has 1 saturated heterocycles. The summed E-state index contributed by atoms with van der Waals surface area (Å²) in [6.07, 6.45) is 1.81. The van der Waals surface area contributed by atoms with E-state index in [2.05, 4.69) is 24.3 Å². The Bertz CT molecular complexity index is 997. The predicted molar refractivity (Wildman–Crippen MR) is 119 cm³/mol. The Hall–Kier alpha value is -2.38. The molecular weight excluding hydrogens is 408 g/mol. The number of nitrogens with zero attached hydrogens (tertiary/aromatic N) is 3. The van der Waals surface area contributed by atoms with Gasteiger partial charge in [-0.1, -0.05) is 31.5 Å². The Morgan fingerprint density at radius 1 is 1.34 bits per heavy atom. The van der Waals surface area contributed by atoms with E-state index >= 15 is 0 Å². The largest absolute Gasteiger partial charge is 0.496 e. The number of aryl methyl sites for hydroxylation is 1. The summed E-state index contributed by atoms with van der Waals surface area (Å²) in [5, 5.41) is 8.64. The Kier molecular flexibility index (Phi) is 6.29. The number of benzene rings is 1. The molecule has 0 spiro atoms. The number of hydrogen-bond acceptors (Lipinski definition) is 4. The first-order valence-electron chi connectivity index (χ1n) is 9.42. The van der Waals surface area contributed by atoms with Crippen LogP contribution in [0.2, 0.25) is 5.02 Å². The van der Waals surface area contributed by atoms with Crippen molar-refractivity contribution in [3.05, 3.63) is 51.4 Å². The molecule has 2 aromatic rings. The fourth-order valence-corrected chi connectivity index (χ4v) is 3.67. The summed E-state index contributed by atoms with van der Waals surface area (Å²) in [6.45, 7) is 9.03. The lowest BCUT2D eigenvalue weighted by molar-refractivity contribution is -0.122. The molecule has 1 aromatic carbocycles. The number of carbonyl (C=O) groups is 1. The van der Waals surface area contributed by atoms with Crippen LogP contribution in [0.3, 0.4) is 0 Å². The molecule has 1 fully saturated rings. The third-order valence-electron chi connectivity index (χ3n) is 4.74. The zero-order chi connectivity index (χ0) is 21.3. The van der Waals surface area contributed by atoms with Crippen LogP contribution >= 0.6 is 23.8 Å². The number of ether oxygens (including phenoxy) is 1. The predicted octanol–water partition coefficient (Wildman–Crippen LogP) is 3.92. The van der Waals surface area contributed by atoms with Crippen molar-refractivity contribution >= 4 is 40.9 Å². The maximum absolute atomic E-state index is 12.7. The lowest BCUT2D eigenvalue weighted by Crippen LogP contribution is -2.33. The van der Waals surface area contributed by atoms with Gasteiger partial charge in [-0.3, -0.25) is 14.4 Å². The summed E-state index contributed by atoms with van der Waals surface area (Å²) in [5.41, 5.74) is 3.98. The van der Waals surface area contributed by atoms with Gasteiger partial charge in [0.1, 0.15) is 11.4 Å². The molecular formula is C21H25ClN4O2S. The first-order valence-corrected chi connectivity index (χ1v) is 10.2. The van der Waals surface area contributed by atoms with Crippen molar-refractivity contribution in [2.45, 2.75) is 34.2 Å². The lowest BCUT2D eigenvalue weighted by atomic mass is 10.1. The number of thiocarbonyl (C=S) groups is 1. The highest BCUT2D eigenvalue weighted by molar-refractivity contribution is 7.80. The van der Waals surface area contributed by atoms with Crippen LogP contribution in [0.25, 0.3) is 6.08 Å². The molecule has 0 radical (unpaired) electrons. The van der Waals surface area contributed by atoms with Crippen molar-refractivity contribution < 1.29 is 9.53 Å². The van der Waals surface area contributed by atoms with Crippen LogP contribution in [-0.2, 0) is 11.3 Å². The van der Waals surface area contributed by atoms with Gasteiger partial charge in [-0.25, -0.2) is 0 Å². The van der Waals surface area contributed by atoms with Crippen molar-refractivity contribution in [1.29, 1.82) is 0 Å². The van der Waals surface area contributed by atoms with Crippen LogP contribution in [-0.4, -0.2) is 39.4 Å². The van der Waals surface area contributed by atoms with E-state index in [4.69, 9.17) is 28.6 Å². The van der Waals surface area contributed by atoms with Crippen molar-refractivity contribution in [3.8, 4) is 5.75 Å². The second-order valence-electron chi connectivity index (χ2n) is 7.51. The average molecular weight is 433 g/mol. The van der Waals surface area contributed by atoms with E-state index < -0.39 is 0 Å². The molecule has 1 aliphatic rings. The number of carbonyl (C=O) groups excluding carboxylic acids is 1. The fourth-order valence-electron chi connectivity index (χ4n) is 3.27. The standard InChI is InChI=1S/C21H25ClN4O2S/c1-12(2)10-25-20(27)17(23-21(25)29)9-15-6-7-18(28-5)16(8-15)11-26-14(4)19(22)13(3)24-26/h6-9,12H,10-11H2,1-5H3,(H,23,29)/b17-9+. The van der Waals surface area contributed by atoms with E-state index in [0.29, 0.717) is 34.8 Å². The number of amides is 1. The smallest absolute Gasteiger partial charge is 0.276 e. The molecule has 29 heavy (non-hydrogen) atoms. The minimum absolute atomic E-state index is 0.105. The van der Waals surface area contributed by atoms with Crippen LogP contribution < -0.4 is 10.1 Å². The molecule has 1 N–H and O–H groups in total. The summed E-state index contributed by atoms with van der Waals surface area (Å²) < 4.78 is 7.36. The molecule has 0 aliphatic carbocycles. The highest BCUT2D eigenvalue weighted by Crippen LogP contribution is 2.26. The Labute approximate surface area is 181 Å². The van der Waals surface area contributed by atoms with Gasteiger partial charge in [-0.2, -0.15) is 5.10 Å². The Morgan fingerprint density at radius 2 is 2.07 bits per heavy atom. The van der Waals surface area contributed by atoms with Crippen molar-refractivity contribution in [2.75, 3.05) is 13.7 Å². The summed E-state index contributed by atoms with van der Waals surface area (Å²) in [4.78, 5) is 14.3. The topological polar surface area (TPSA) is 59.4 Å². The van der Waals surface area contributed by atoms with Crippen molar-refractivity contribution in [3.63, 3.8) is 0 Å². The van der Waals surface area contributed by atoms with E-state index in [9.17, 15) is 4.79 Å². The summed E-state index contributed by atoms with van der Waals surface area (Å²) >= 11 is 11.6. The molecule has 1 aliphatic heterocycles. The number of nitrogens with one attached hydrogen (secondary N) is 1. The van der Waals surface area contributed by atoms with E-state index in [0.717, 1.165) is 28.3 Å². The molecule has 0 atom stereocenters. The van der Waals surface area contributed by atoms with Gasteiger partial charge >= 0.3 is 0 Å². The minimum Gasteiger partial charge on any atom is -0.496 e. The lowest BCUT2D eigenvalue weighted by Gasteiger charge is -2.16. The van der Waals surface area contributed by atoms with Gasteiger partial charge in [0.05, 0.1) is 30.1 Å². The second kappa shape index (κ2) is 8.55. The van der Waals surface area contributed by atoms with E-state index in [1.807, 2.05) is 42.8 Å². The summed E-state index contributed by atoms with van der Waals surface area (Å²) in [6, 6.07) is 5.78. The number of rotatable bonds is 6. The molecule has 0 bridgehead atoms. The molecule has 3 rings (SSSR count). The number of methoxy groups -OCH3 is 1. The second-order valence-corrected chi connectivity index (χ2v) is 8.28. The molecule has 8 heteroatoms. The van der Waals surface area contributed by atoms with Crippen molar-refractivity contribution in [1.82, 2.24) is 20.0 Å². The summed E-state index contributed by atoms with van der Waals surface area (Å²) in [7, 11) is 1.63. The molecule has 1 amide bonds. The van der Waals surface area contributed by atoms with Crippen LogP contribution in [0.15, 0.2) is 23.9 Å². The van der Waals surface area contributed by atoms with Gasteiger partial charge in [-0.15, -0.1) is 0 Å². The summed E-state index contributed by atoms with van der Waals surface area (Å²) in [5.74, 6) is 0.975. The van der Waals surface area contributed by atoms with Gasteiger partial charge in [0.25, 0.3) is 5.91 Å². The van der Waals surface area contributed by atoms with Gasteiger partial charge in [-0.05, 0) is 55.8 Å². The average Bonchev–Trinajstić information content (AvgIpc) is 3.06. The maximum Gasteiger partial charge on any atom is 0.276 e. The molecule has 6 nitrogen and oxygen atoms in total. The maximum atomic E-state index is 12.7. The van der Waals surface area contributed by atoms with Crippen molar-refractivity contribution in [2.24, 2.45) is 5.92 Å². The van der Waals surface area contributed by atoms with Crippen LogP contribution in [0.4, 0.5) is 0 Å². The monoisotopic (exact) mass is 432 g/mol. The number of halogens is 1.